The predicted octanol–water partition coefficient (Wildman–Crippen LogP) is 4.07. The second kappa shape index (κ2) is 7.84. The molecule has 1 aromatic carbocycles. The van der Waals surface area contributed by atoms with Gasteiger partial charge in [0.15, 0.2) is 5.96 Å². The number of rotatable bonds is 6. The molecule has 0 saturated heterocycles. The highest BCUT2D eigenvalue weighted by Crippen LogP contribution is 2.21. The molecule has 2 aromatic rings. The fourth-order valence-electron chi connectivity index (χ4n) is 1.97. The maximum Gasteiger partial charge on any atom is 0.193 e. The van der Waals surface area contributed by atoms with E-state index in [0.717, 1.165) is 11.4 Å². The minimum absolute atomic E-state index is 0.171. The number of hydrogen-bond acceptors (Lipinski definition) is 3. The summed E-state index contributed by atoms with van der Waals surface area (Å²) in [6, 6.07) is 11.9. The van der Waals surface area contributed by atoms with E-state index in [-0.39, 0.29) is 6.10 Å². The molecule has 4 nitrogen and oxygen atoms in total. The lowest BCUT2D eigenvalue weighted by Gasteiger charge is -2.11. The van der Waals surface area contributed by atoms with Gasteiger partial charge in [0.2, 0.25) is 0 Å². The van der Waals surface area contributed by atoms with Crippen LogP contribution in [0.1, 0.15) is 31.6 Å². The molecule has 0 spiro atoms. The Kier molecular flexibility index (Phi) is 5.83. The first-order valence-electron chi connectivity index (χ1n) is 7.41. The first kappa shape index (κ1) is 16.4. The lowest BCUT2D eigenvalue weighted by molar-refractivity contribution is 0.242. The van der Waals surface area contributed by atoms with Crippen LogP contribution >= 0.6 is 11.3 Å². The lowest BCUT2D eigenvalue weighted by Crippen LogP contribution is -2.23. The highest BCUT2D eigenvalue weighted by molar-refractivity contribution is 7.10. The van der Waals surface area contributed by atoms with Gasteiger partial charge in [-0.3, -0.25) is 4.99 Å². The molecule has 0 aliphatic heterocycles. The maximum atomic E-state index is 5.94. The average Bonchev–Trinajstić information content (AvgIpc) is 3.00. The Bertz CT molecular complexity index is 591. The number of anilines is 1. The van der Waals surface area contributed by atoms with Gasteiger partial charge in [-0.2, -0.15) is 0 Å². The van der Waals surface area contributed by atoms with Gasteiger partial charge in [0, 0.05) is 16.5 Å². The van der Waals surface area contributed by atoms with Crippen LogP contribution in [0.15, 0.2) is 46.8 Å². The van der Waals surface area contributed by atoms with Crippen LogP contribution in [0, 0.1) is 0 Å². The Balaban J connectivity index is 1.88. The summed E-state index contributed by atoms with van der Waals surface area (Å²) in [5, 5.41) is 5.18. The summed E-state index contributed by atoms with van der Waals surface area (Å²) in [4.78, 5) is 5.73. The van der Waals surface area contributed by atoms with E-state index in [9.17, 15) is 0 Å². The highest BCUT2D eigenvalue weighted by Gasteiger charge is 2.05. The van der Waals surface area contributed by atoms with Gasteiger partial charge in [0.25, 0.3) is 0 Å². The van der Waals surface area contributed by atoms with Crippen LogP contribution in [0.25, 0.3) is 0 Å². The molecule has 1 heterocycles. The van der Waals surface area contributed by atoms with Gasteiger partial charge >= 0.3 is 0 Å². The number of ether oxygens (including phenoxy) is 1. The summed E-state index contributed by atoms with van der Waals surface area (Å²) >= 11 is 1.75. The molecule has 5 heteroatoms. The lowest BCUT2D eigenvalue weighted by atomic mass is 10.1. The molecule has 0 aliphatic carbocycles. The van der Waals surface area contributed by atoms with Crippen LogP contribution in [0.3, 0.4) is 0 Å². The van der Waals surface area contributed by atoms with Crippen molar-refractivity contribution in [3.05, 3.63) is 46.7 Å². The van der Waals surface area contributed by atoms with E-state index in [1.54, 1.807) is 11.3 Å². The second-order valence-corrected chi connectivity index (χ2v) is 6.44. The first-order valence-corrected chi connectivity index (χ1v) is 8.29. The van der Waals surface area contributed by atoms with Crippen LogP contribution in [0.5, 0.6) is 5.75 Å². The number of aliphatic imine (C=N–C) groups is 1. The summed E-state index contributed by atoms with van der Waals surface area (Å²) in [6.45, 7) is 6.84. The summed E-state index contributed by atoms with van der Waals surface area (Å²) in [5.74, 6) is 1.66. The number of nitrogens with zero attached hydrogens (tertiary/aromatic N) is 1. The zero-order chi connectivity index (χ0) is 15.9. The Hall–Kier alpha value is -2.01. The van der Waals surface area contributed by atoms with Crippen LogP contribution < -0.4 is 15.8 Å². The summed E-state index contributed by atoms with van der Waals surface area (Å²) in [5.41, 5.74) is 6.84. The fraction of sp³-hybridized carbons (Fsp3) is 0.353. The largest absolute Gasteiger partial charge is 0.491 e. The number of nitrogens with one attached hydrogen (secondary N) is 1. The molecule has 0 radical (unpaired) electrons. The first-order chi connectivity index (χ1) is 10.5. The monoisotopic (exact) mass is 317 g/mol. The van der Waals surface area contributed by atoms with E-state index in [2.05, 4.69) is 34.7 Å². The molecule has 0 aliphatic rings. The van der Waals surface area contributed by atoms with Crippen LogP contribution in [-0.2, 0) is 0 Å². The third kappa shape index (κ3) is 5.07. The van der Waals surface area contributed by atoms with Gasteiger partial charge in [-0.15, -0.1) is 11.3 Å². The zero-order valence-corrected chi connectivity index (χ0v) is 14.1. The number of thiophene rings is 1. The Labute approximate surface area is 136 Å². The second-order valence-electron chi connectivity index (χ2n) is 5.46. The molecule has 1 unspecified atom stereocenters. The summed E-state index contributed by atoms with van der Waals surface area (Å²) in [7, 11) is 0. The van der Waals surface area contributed by atoms with Gasteiger partial charge in [0.1, 0.15) is 5.75 Å². The minimum atomic E-state index is 0.171. The number of guanidine groups is 1. The molecule has 0 amide bonds. The van der Waals surface area contributed by atoms with E-state index in [1.165, 1.54) is 4.88 Å². The summed E-state index contributed by atoms with van der Waals surface area (Å²) in [6.07, 6.45) is 0.171. The Morgan fingerprint density at radius 2 is 1.95 bits per heavy atom. The van der Waals surface area contributed by atoms with E-state index in [4.69, 9.17) is 10.5 Å². The van der Waals surface area contributed by atoms with Crippen molar-refractivity contribution >= 4 is 23.0 Å². The fourth-order valence-corrected chi connectivity index (χ4v) is 2.75. The van der Waals surface area contributed by atoms with Gasteiger partial charge in [-0.25, -0.2) is 0 Å². The SMILES string of the molecule is CC(C)Oc1ccc(NC(N)=NCC(C)c2cccs2)cc1. The van der Waals surface area contributed by atoms with Crippen molar-refractivity contribution in [1.82, 2.24) is 0 Å². The topological polar surface area (TPSA) is 59.6 Å². The van der Waals surface area contributed by atoms with Gasteiger partial charge < -0.3 is 15.8 Å². The normalized spacial score (nSPS) is 13.2. The summed E-state index contributed by atoms with van der Waals surface area (Å²) < 4.78 is 5.61. The van der Waals surface area contributed by atoms with Gasteiger partial charge in [-0.1, -0.05) is 13.0 Å². The molecule has 0 bridgehead atoms. The van der Waals surface area contributed by atoms with E-state index >= 15 is 0 Å². The molecular formula is C17H23N3OS. The van der Waals surface area contributed by atoms with E-state index < -0.39 is 0 Å². The minimum Gasteiger partial charge on any atom is -0.491 e. The molecule has 0 saturated carbocycles. The smallest absolute Gasteiger partial charge is 0.193 e. The third-order valence-corrected chi connectivity index (χ3v) is 4.17. The molecule has 1 atom stereocenters. The number of nitrogens with two attached hydrogens (primary N) is 1. The maximum absolute atomic E-state index is 5.94. The number of benzene rings is 1. The van der Waals surface area contributed by atoms with E-state index in [1.807, 2.05) is 38.1 Å². The van der Waals surface area contributed by atoms with Crippen LogP contribution in [0.4, 0.5) is 5.69 Å². The van der Waals surface area contributed by atoms with E-state index in [0.29, 0.717) is 18.4 Å². The molecule has 3 N–H and O–H groups in total. The van der Waals surface area contributed by atoms with Crippen molar-refractivity contribution in [2.24, 2.45) is 10.7 Å². The van der Waals surface area contributed by atoms with Crippen LogP contribution in [0.2, 0.25) is 0 Å². The van der Waals surface area contributed by atoms with Gasteiger partial charge in [-0.05, 0) is 49.6 Å². The van der Waals surface area contributed by atoms with Crippen molar-refractivity contribution in [1.29, 1.82) is 0 Å². The quantitative estimate of drug-likeness (QED) is 0.624. The molecule has 118 valence electrons. The Morgan fingerprint density at radius 3 is 2.55 bits per heavy atom. The molecular weight excluding hydrogens is 294 g/mol. The number of hydrogen-bond donors (Lipinski definition) is 2. The van der Waals surface area contributed by atoms with Crippen molar-refractivity contribution in [3.63, 3.8) is 0 Å². The van der Waals surface area contributed by atoms with Crippen molar-refractivity contribution < 1.29 is 4.74 Å². The van der Waals surface area contributed by atoms with Crippen molar-refractivity contribution in [3.8, 4) is 5.75 Å². The van der Waals surface area contributed by atoms with Crippen molar-refractivity contribution in [2.45, 2.75) is 32.8 Å². The zero-order valence-electron chi connectivity index (χ0n) is 13.2. The molecule has 2 rings (SSSR count). The third-order valence-electron chi connectivity index (χ3n) is 3.06. The molecule has 22 heavy (non-hydrogen) atoms. The van der Waals surface area contributed by atoms with Crippen LogP contribution in [-0.4, -0.2) is 18.6 Å². The average molecular weight is 317 g/mol. The standard InChI is InChI=1S/C17H23N3OS/c1-12(2)21-15-8-6-14(7-9-15)20-17(18)19-11-13(3)16-5-4-10-22-16/h4-10,12-13H,11H2,1-3H3,(H3,18,19,20). The van der Waals surface area contributed by atoms with Gasteiger partial charge in [0.05, 0.1) is 12.6 Å². The van der Waals surface area contributed by atoms with Crippen molar-refractivity contribution in [2.75, 3.05) is 11.9 Å². The molecule has 0 fully saturated rings. The predicted molar refractivity (Wildman–Crippen MR) is 95.1 cm³/mol. The molecule has 1 aromatic heterocycles. The highest BCUT2D eigenvalue weighted by atomic mass is 32.1. The Morgan fingerprint density at radius 1 is 1.23 bits per heavy atom.